The number of pyridine rings is 1. The third-order valence-electron chi connectivity index (χ3n) is 6.39. The van der Waals surface area contributed by atoms with Gasteiger partial charge in [0.2, 0.25) is 5.95 Å². The highest BCUT2D eigenvalue weighted by molar-refractivity contribution is 5.77. The molecule has 0 bridgehead atoms. The SMILES string of the molecule is CCn1c(=O)c2cnc(Nc3ccc4c(c3)CN(C)C4)nc2n1-c1ccnc(C(C)(C)CO)c1. The second kappa shape index (κ2) is 8.34. The first kappa shape index (κ1) is 22.2. The molecule has 3 aromatic heterocycles. The summed E-state index contributed by atoms with van der Waals surface area (Å²) >= 11 is 0. The zero-order valence-electron chi connectivity index (χ0n) is 19.9. The van der Waals surface area contributed by atoms with Gasteiger partial charge in [-0.2, -0.15) is 4.98 Å². The molecule has 176 valence electrons. The lowest BCUT2D eigenvalue weighted by Gasteiger charge is -2.22. The molecule has 0 spiro atoms. The van der Waals surface area contributed by atoms with Crippen molar-refractivity contribution < 1.29 is 5.11 Å². The summed E-state index contributed by atoms with van der Waals surface area (Å²) < 4.78 is 3.44. The minimum absolute atomic E-state index is 0.0384. The fraction of sp³-hybridized carbons (Fsp3) is 0.360. The molecule has 0 saturated carbocycles. The van der Waals surface area contributed by atoms with Gasteiger partial charge in [0.05, 0.1) is 18.0 Å². The van der Waals surface area contributed by atoms with Gasteiger partial charge in [-0.05, 0) is 49.4 Å². The molecule has 4 heterocycles. The Labute approximate surface area is 197 Å². The molecule has 4 aromatic rings. The Balaban J connectivity index is 1.59. The summed E-state index contributed by atoms with van der Waals surface area (Å²) in [6.45, 7) is 8.08. The zero-order chi connectivity index (χ0) is 24.0. The van der Waals surface area contributed by atoms with Crippen molar-refractivity contribution >= 4 is 22.7 Å². The number of nitrogens with zero attached hydrogens (tertiary/aromatic N) is 6. The molecule has 0 atom stereocenters. The van der Waals surface area contributed by atoms with E-state index in [0.717, 1.165) is 30.2 Å². The molecule has 0 radical (unpaired) electrons. The molecule has 0 fully saturated rings. The molecule has 0 amide bonds. The predicted octanol–water partition coefficient (Wildman–Crippen LogP) is 2.96. The quantitative estimate of drug-likeness (QED) is 0.457. The minimum Gasteiger partial charge on any atom is -0.395 e. The van der Waals surface area contributed by atoms with Crippen LogP contribution in [0.25, 0.3) is 16.7 Å². The number of fused-ring (bicyclic) bond motifs is 2. The molecule has 1 aromatic carbocycles. The van der Waals surface area contributed by atoms with E-state index >= 15 is 0 Å². The van der Waals surface area contributed by atoms with E-state index in [1.54, 1.807) is 21.8 Å². The molecule has 9 heteroatoms. The average Bonchev–Trinajstić information content (AvgIpc) is 3.34. The van der Waals surface area contributed by atoms with Crippen LogP contribution in [0.5, 0.6) is 0 Å². The first-order chi connectivity index (χ1) is 16.3. The highest BCUT2D eigenvalue weighted by atomic mass is 16.3. The van der Waals surface area contributed by atoms with Crippen LogP contribution < -0.4 is 10.9 Å². The van der Waals surface area contributed by atoms with Gasteiger partial charge in [0.1, 0.15) is 5.39 Å². The van der Waals surface area contributed by atoms with Crippen molar-refractivity contribution in [2.45, 2.75) is 45.8 Å². The van der Waals surface area contributed by atoms with Gasteiger partial charge in [-0.25, -0.2) is 14.3 Å². The van der Waals surface area contributed by atoms with E-state index < -0.39 is 5.41 Å². The molecule has 5 rings (SSSR count). The van der Waals surface area contributed by atoms with Gasteiger partial charge in [0.25, 0.3) is 5.56 Å². The van der Waals surface area contributed by atoms with Gasteiger partial charge in [-0.1, -0.05) is 19.9 Å². The summed E-state index contributed by atoms with van der Waals surface area (Å²) in [5, 5.41) is 13.5. The number of hydrogen-bond donors (Lipinski definition) is 2. The van der Waals surface area contributed by atoms with Gasteiger partial charge in [-0.3, -0.25) is 14.7 Å². The van der Waals surface area contributed by atoms with E-state index in [0.29, 0.717) is 23.5 Å². The van der Waals surface area contributed by atoms with Gasteiger partial charge in [0.15, 0.2) is 5.65 Å². The maximum atomic E-state index is 13.1. The second-order valence-corrected chi connectivity index (χ2v) is 9.49. The van der Waals surface area contributed by atoms with Crippen molar-refractivity contribution in [3.05, 3.63) is 69.9 Å². The lowest BCUT2D eigenvalue weighted by molar-refractivity contribution is 0.215. The fourth-order valence-corrected chi connectivity index (χ4v) is 4.41. The Kier molecular flexibility index (Phi) is 5.45. The summed E-state index contributed by atoms with van der Waals surface area (Å²) in [7, 11) is 2.11. The minimum atomic E-state index is -0.514. The molecular formula is C25H29N7O2. The number of aliphatic hydroxyl groups is 1. The van der Waals surface area contributed by atoms with Crippen molar-refractivity contribution in [3.63, 3.8) is 0 Å². The normalized spacial score (nSPS) is 14.0. The Hall–Kier alpha value is -3.56. The smallest absolute Gasteiger partial charge is 0.278 e. The number of aliphatic hydroxyl groups excluding tert-OH is 1. The van der Waals surface area contributed by atoms with Crippen LogP contribution in [0.1, 0.15) is 37.6 Å². The molecule has 1 aliphatic heterocycles. The third kappa shape index (κ3) is 3.76. The molecular weight excluding hydrogens is 430 g/mol. The monoisotopic (exact) mass is 459 g/mol. The molecule has 0 aliphatic carbocycles. The van der Waals surface area contributed by atoms with Crippen LogP contribution in [0.15, 0.2) is 47.5 Å². The first-order valence-electron chi connectivity index (χ1n) is 11.4. The maximum Gasteiger partial charge on any atom is 0.278 e. The molecule has 2 N–H and O–H groups in total. The number of hydrogen-bond acceptors (Lipinski definition) is 7. The number of anilines is 2. The highest BCUT2D eigenvalue weighted by Gasteiger charge is 2.23. The third-order valence-corrected chi connectivity index (χ3v) is 6.39. The van der Waals surface area contributed by atoms with Crippen molar-refractivity contribution in [1.29, 1.82) is 0 Å². The van der Waals surface area contributed by atoms with Crippen LogP contribution in [0.2, 0.25) is 0 Å². The number of aromatic nitrogens is 5. The van der Waals surface area contributed by atoms with Crippen LogP contribution in [0, 0.1) is 0 Å². The van der Waals surface area contributed by atoms with Crippen LogP contribution >= 0.6 is 0 Å². The van der Waals surface area contributed by atoms with Crippen LogP contribution in [0.3, 0.4) is 0 Å². The Morgan fingerprint density at radius 2 is 1.91 bits per heavy atom. The highest BCUT2D eigenvalue weighted by Crippen LogP contribution is 2.27. The number of benzene rings is 1. The zero-order valence-corrected chi connectivity index (χ0v) is 19.9. The van der Waals surface area contributed by atoms with Gasteiger partial charge in [0, 0.05) is 43.1 Å². The summed E-state index contributed by atoms with van der Waals surface area (Å²) in [5.74, 6) is 0.422. The van der Waals surface area contributed by atoms with Gasteiger partial charge >= 0.3 is 0 Å². The molecule has 1 aliphatic rings. The van der Waals surface area contributed by atoms with Gasteiger partial charge in [-0.15, -0.1) is 0 Å². The van der Waals surface area contributed by atoms with E-state index in [1.165, 1.54) is 11.1 Å². The second-order valence-electron chi connectivity index (χ2n) is 9.49. The predicted molar refractivity (Wildman–Crippen MR) is 132 cm³/mol. The maximum absolute atomic E-state index is 13.1. The van der Waals surface area contributed by atoms with Crippen molar-refractivity contribution in [1.82, 2.24) is 29.2 Å². The molecule has 0 unspecified atom stereocenters. The Morgan fingerprint density at radius 3 is 2.68 bits per heavy atom. The van der Waals surface area contributed by atoms with E-state index in [-0.39, 0.29) is 12.2 Å². The van der Waals surface area contributed by atoms with E-state index in [2.05, 4.69) is 39.4 Å². The first-order valence-corrected chi connectivity index (χ1v) is 11.4. The standard InChI is InChI=1S/C25H29N7O2/c1-5-31-23(34)20-12-27-24(28-18-7-6-16-13-30(4)14-17(16)10-18)29-22(20)32(31)19-8-9-26-21(11-19)25(2,3)15-33/h6-12,33H,5,13-15H2,1-4H3,(H,27,28,29). The van der Waals surface area contributed by atoms with Crippen molar-refractivity contribution in [2.75, 3.05) is 19.0 Å². The summed E-state index contributed by atoms with van der Waals surface area (Å²) in [4.78, 5) is 29.0. The number of nitrogens with one attached hydrogen (secondary N) is 1. The number of rotatable bonds is 6. The summed E-state index contributed by atoms with van der Waals surface area (Å²) in [5.41, 5.74) is 4.88. The van der Waals surface area contributed by atoms with Crippen molar-refractivity contribution in [3.8, 4) is 5.69 Å². The molecule has 34 heavy (non-hydrogen) atoms. The summed E-state index contributed by atoms with van der Waals surface area (Å²) in [6.07, 6.45) is 3.27. The van der Waals surface area contributed by atoms with Crippen LogP contribution in [-0.2, 0) is 25.0 Å². The summed E-state index contributed by atoms with van der Waals surface area (Å²) in [6, 6.07) is 10.0. The average molecular weight is 460 g/mol. The lowest BCUT2D eigenvalue weighted by Crippen LogP contribution is -2.25. The Bertz CT molecular complexity index is 1440. The van der Waals surface area contributed by atoms with E-state index in [1.807, 2.05) is 39.0 Å². The Morgan fingerprint density at radius 1 is 1.12 bits per heavy atom. The van der Waals surface area contributed by atoms with Crippen LogP contribution in [0.4, 0.5) is 11.6 Å². The fourth-order valence-electron chi connectivity index (χ4n) is 4.41. The largest absolute Gasteiger partial charge is 0.395 e. The van der Waals surface area contributed by atoms with Crippen LogP contribution in [-0.4, -0.2) is 48.0 Å². The van der Waals surface area contributed by atoms with E-state index in [4.69, 9.17) is 4.98 Å². The molecule has 9 nitrogen and oxygen atoms in total. The topological polar surface area (TPSA) is 101 Å². The van der Waals surface area contributed by atoms with E-state index in [9.17, 15) is 9.90 Å². The van der Waals surface area contributed by atoms with Crippen molar-refractivity contribution in [2.24, 2.45) is 0 Å². The molecule has 0 saturated heterocycles. The lowest BCUT2D eigenvalue weighted by atomic mass is 9.90. The van der Waals surface area contributed by atoms with Gasteiger partial charge < -0.3 is 10.4 Å².